The number of nitrogens with zero attached hydrogens (tertiary/aromatic N) is 3. The molecule has 3 rings (SSSR count). The minimum atomic E-state index is -4.51. The van der Waals surface area contributed by atoms with E-state index in [1.165, 1.54) is 10.9 Å². The number of aliphatic carboxylic acids is 1. The Bertz CT molecular complexity index is 1130. The number of aromatic nitrogens is 3. The van der Waals surface area contributed by atoms with Crippen molar-refractivity contribution in [1.29, 1.82) is 0 Å². The summed E-state index contributed by atoms with van der Waals surface area (Å²) >= 11 is 0. The van der Waals surface area contributed by atoms with Gasteiger partial charge in [-0.25, -0.2) is 0 Å². The first-order valence-corrected chi connectivity index (χ1v) is 9.31. The minimum absolute atomic E-state index is 0.0221. The van der Waals surface area contributed by atoms with Crippen LogP contribution in [0.2, 0.25) is 0 Å². The number of fused-ring (bicyclic) bond motifs is 1. The predicted octanol–water partition coefficient (Wildman–Crippen LogP) is 4.77. The molecule has 2 N–H and O–H groups in total. The van der Waals surface area contributed by atoms with Crippen LogP contribution in [0.4, 0.5) is 13.2 Å². The number of rotatable bonds is 4. The molecule has 1 heterocycles. The van der Waals surface area contributed by atoms with E-state index in [1.54, 1.807) is 13.0 Å². The highest BCUT2D eigenvalue weighted by Crippen LogP contribution is 2.38. The second-order valence-electron chi connectivity index (χ2n) is 8.24. The molecule has 0 amide bonds. The van der Waals surface area contributed by atoms with E-state index in [-0.39, 0.29) is 29.6 Å². The maximum atomic E-state index is 13.0. The molecule has 30 heavy (non-hydrogen) atoms. The number of alkyl halides is 3. The van der Waals surface area contributed by atoms with Gasteiger partial charge in [0.05, 0.1) is 11.3 Å². The van der Waals surface area contributed by atoms with Crippen molar-refractivity contribution in [2.24, 2.45) is 0 Å². The van der Waals surface area contributed by atoms with E-state index in [0.29, 0.717) is 22.4 Å². The second-order valence-corrected chi connectivity index (χ2v) is 8.24. The van der Waals surface area contributed by atoms with Gasteiger partial charge in [0.1, 0.15) is 16.8 Å². The predicted molar refractivity (Wildman–Crippen MR) is 105 cm³/mol. The monoisotopic (exact) mass is 421 g/mol. The molecule has 0 saturated heterocycles. The van der Waals surface area contributed by atoms with Crippen LogP contribution in [0.1, 0.15) is 49.4 Å². The van der Waals surface area contributed by atoms with Gasteiger partial charge in [0, 0.05) is 12.0 Å². The van der Waals surface area contributed by atoms with Crippen LogP contribution in [0.3, 0.4) is 0 Å². The van der Waals surface area contributed by atoms with Gasteiger partial charge in [-0.05, 0) is 54.2 Å². The molecule has 0 fully saturated rings. The van der Waals surface area contributed by atoms with E-state index in [2.05, 4.69) is 10.2 Å². The van der Waals surface area contributed by atoms with Gasteiger partial charge in [-0.2, -0.15) is 13.2 Å². The molecule has 0 bridgehead atoms. The molecule has 0 aliphatic rings. The number of phenolic OH excluding ortho intramolecular Hbond substituents is 1. The zero-order valence-electron chi connectivity index (χ0n) is 17.0. The summed E-state index contributed by atoms with van der Waals surface area (Å²) in [6.45, 7) is 7.41. The SMILES string of the molecule is Cc1c(O)c(C(C)(C)C)cc(CCC(=O)O)c1-n1nc2ccc(C(F)(F)F)cc2n1. The lowest BCUT2D eigenvalue weighted by Gasteiger charge is -2.24. The highest BCUT2D eigenvalue weighted by molar-refractivity contribution is 5.75. The van der Waals surface area contributed by atoms with E-state index in [1.807, 2.05) is 20.8 Å². The number of halogens is 3. The Morgan fingerprint density at radius 2 is 1.73 bits per heavy atom. The summed E-state index contributed by atoms with van der Waals surface area (Å²) < 4.78 is 39.0. The van der Waals surface area contributed by atoms with Crippen LogP contribution in [0.5, 0.6) is 5.75 Å². The average molecular weight is 421 g/mol. The Balaban J connectivity index is 2.23. The minimum Gasteiger partial charge on any atom is -0.507 e. The van der Waals surface area contributed by atoms with Crippen LogP contribution in [0.15, 0.2) is 24.3 Å². The van der Waals surface area contributed by atoms with Crippen LogP contribution < -0.4 is 0 Å². The molecule has 0 spiro atoms. The van der Waals surface area contributed by atoms with Crippen molar-refractivity contribution >= 4 is 17.0 Å². The van der Waals surface area contributed by atoms with Gasteiger partial charge in [-0.3, -0.25) is 4.79 Å². The van der Waals surface area contributed by atoms with Crippen molar-refractivity contribution in [3.63, 3.8) is 0 Å². The van der Waals surface area contributed by atoms with Gasteiger partial charge in [0.15, 0.2) is 0 Å². The van der Waals surface area contributed by atoms with Crippen LogP contribution in [0.25, 0.3) is 16.7 Å². The Hall–Kier alpha value is -3.10. The zero-order chi connectivity index (χ0) is 22.4. The Kier molecular flexibility index (Phi) is 5.26. The molecule has 6 nitrogen and oxygen atoms in total. The topological polar surface area (TPSA) is 88.2 Å². The summed E-state index contributed by atoms with van der Waals surface area (Å²) in [4.78, 5) is 12.3. The molecule has 2 aromatic carbocycles. The highest BCUT2D eigenvalue weighted by atomic mass is 19.4. The number of carboxylic acid groups (broad SMARTS) is 1. The van der Waals surface area contributed by atoms with Crippen LogP contribution in [0, 0.1) is 6.92 Å². The Labute approximate surface area is 170 Å². The van der Waals surface area contributed by atoms with Gasteiger partial charge in [0.25, 0.3) is 0 Å². The van der Waals surface area contributed by atoms with Crippen molar-refractivity contribution in [1.82, 2.24) is 15.0 Å². The van der Waals surface area contributed by atoms with Crippen LogP contribution >= 0.6 is 0 Å². The third-order valence-electron chi connectivity index (χ3n) is 4.91. The maximum Gasteiger partial charge on any atom is 0.416 e. The first kappa shape index (κ1) is 21.6. The molecular formula is C21H22F3N3O3. The van der Waals surface area contributed by atoms with Crippen molar-refractivity contribution in [2.75, 3.05) is 0 Å². The van der Waals surface area contributed by atoms with E-state index in [9.17, 15) is 23.1 Å². The lowest BCUT2D eigenvalue weighted by atomic mass is 9.83. The van der Waals surface area contributed by atoms with Crippen molar-refractivity contribution in [3.05, 3.63) is 46.5 Å². The molecule has 0 aliphatic heterocycles. The third-order valence-corrected chi connectivity index (χ3v) is 4.91. The van der Waals surface area contributed by atoms with Gasteiger partial charge < -0.3 is 10.2 Å². The molecule has 160 valence electrons. The number of carbonyl (C=O) groups is 1. The van der Waals surface area contributed by atoms with Crippen molar-refractivity contribution in [2.45, 2.75) is 52.1 Å². The summed E-state index contributed by atoms with van der Waals surface area (Å²) in [5.41, 5.74) is 1.09. The quantitative estimate of drug-likeness (QED) is 0.634. The Morgan fingerprint density at radius 3 is 2.30 bits per heavy atom. The van der Waals surface area contributed by atoms with Gasteiger partial charge in [-0.15, -0.1) is 15.0 Å². The zero-order valence-corrected chi connectivity index (χ0v) is 17.0. The normalized spacial score (nSPS) is 12.5. The van der Waals surface area contributed by atoms with Crippen molar-refractivity contribution < 1.29 is 28.2 Å². The summed E-state index contributed by atoms with van der Waals surface area (Å²) in [6.07, 6.45) is -4.51. The standard InChI is InChI=1S/C21H22F3N3O3/c1-11-18(12(5-8-17(28)29)9-14(19(11)30)20(2,3)4)27-25-15-7-6-13(21(22,23)24)10-16(15)26-27/h6-7,9-10,30H,5,8H2,1-4H3,(H,28,29). The van der Waals surface area contributed by atoms with Gasteiger partial charge in [-0.1, -0.05) is 20.8 Å². The fourth-order valence-electron chi connectivity index (χ4n) is 3.34. The van der Waals surface area contributed by atoms with Crippen LogP contribution in [-0.2, 0) is 22.8 Å². The molecule has 0 radical (unpaired) electrons. The molecular weight excluding hydrogens is 399 g/mol. The number of aryl methyl sites for hydroxylation is 1. The molecule has 0 unspecified atom stereocenters. The van der Waals surface area contributed by atoms with E-state index in [4.69, 9.17) is 5.11 Å². The summed E-state index contributed by atoms with van der Waals surface area (Å²) in [7, 11) is 0. The summed E-state index contributed by atoms with van der Waals surface area (Å²) in [6, 6.07) is 4.79. The number of phenols is 1. The van der Waals surface area contributed by atoms with Crippen LogP contribution in [-0.4, -0.2) is 31.2 Å². The fraction of sp³-hybridized carbons (Fsp3) is 0.381. The maximum absolute atomic E-state index is 13.0. The molecule has 1 aromatic heterocycles. The molecule has 0 aliphatic carbocycles. The first-order chi connectivity index (χ1) is 13.8. The van der Waals surface area contributed by atoms with E-state index in [0.717, 1.165) is 12.1 Å². The number of carboxylic acids is 1. The number of benzene rings is 2. The molecule has 0 saturated carbocycles. The van der Waals surface area contributed by atoms with E-state index < -0.39 is 23.1 Å². The molecule has 3 aromatic rings. The van der Waals surface area contributed by atoms with Crippen molar-refractivity contribution in [3.8, 4) is 11.4 Å². The number of aromatic hydroxyl groups is 1. The van der Waals surface area contributed by atoms with E-state index >= 15 is 0 Å². The van der Waals surface area contributed by atoms with Gasteiger partial charge >= 0.3 is 12.1 Å². The molecule has 0 atom stereocenters. The Morgan fingerprint density at radius 1 is 1.10 bits per heavy atom. The lowest BCUT2D eigenvalue weighted by molar-refractivity contribution is -0.138. The summed E-state index contributed by atoms with van der Waals surface area (Å²) in [5, 5.41) is 28.3. The number of hydrogen-bond acceptors (Lipinski definition) is 4. The average Bonchev–Trinajstić information content (AvgIpc) is 3.03. The third kappa shape index (κ3) is 4.10. The number of hydrogen-bond donors (Lipinski definition) is 2. The molecule has 9 heteroatoms. The largest absolute Gasteiger partial charge is 0.507 e. The first-order valence-electron chi connectivity index (χ1n) is 9.31. The highest BCUT2D eigenvalue weighted by Gasteiger charge is 2.31. The summed E-state index contributed by atoms with van der Waals surface area (Å²) in [5.74, 6) is -0.966. The van der Waals surface area contributed by atoms with Gasteiger partial charge in [0.2, 0.25) is 0 Å². The lowest BCUT2D eigenvalue weighted by Crippen LogP contribution is -2.16. The second kappa shape index (κ2) is 7.30. The smallest absolute Gasteiger partial charge is 0.416 e. The fourth-order valence-corrected chi connectivity index (χ4v) is 3.34.